The van der Waals surface area contributed by atoms with E-state index in [1.165, 1.54) is 0 Å². The number of ether oxygens (including phenoxy) is 1. The molecule has 0 aliphatic carbocycles. The first-order valence-corrected chi connectivity index (χ1v) is 16.2. The largest absolute Gasteiger partial charge is 0.444 e. The van der Waals surface area contributed by atoms with Crippen molar-refractivity contribution in [3.8, 4) is 11.3 Å². The number of piperidine rings is 1. The summed E-state index contributed by atoms with van der Waals surface area (Å²) in [6, 6.07) is 6.54. The third kappa shape index (κ3) is 5.33. The van der Waals surface area contributed by atoms with E-state index in [1.54, 1.807) is 0 Å². The van der Waals surface area contributed by atoms with Crippen LogP contribution in [0.3, 0.4) is 0 Å². The third-order valence-electron chi connectivity index (χ3n) is 9.66. The summed E-state index contributed by atoms with van der Waals surface area (Å²) in [4.78, 5) is 36.6. The molecule has 1 spiro atoms. The van der Waals surface area contributed by atoms with Crippen LogP contribution < -0.4 is 9.80 Å². The molecule has 12 heteroatoms. The molecule has 45 heavy (non-hydrogen) atoms. The molecule has 4 aromatic rings. The Morgan fingerprint density at radius 1 is 1.07 bits per heavy atom. The van der Waals surface area contributed by atoms with E-state index < -0.39 is 5.60 Å². The lowest BCUT2D eigenvalue weighted by atomic mass is 9.72. The van der Waals surface area contributed by atoms with Gasteiger partial charge in [-0.25, -0.2) is 9.78 Å². The number of fused-ring (bicyclic) bond motifs is 2. The van der Waals surface area contributed by atoms with Gasteiger partial charge in [-0.1, -0.05) is 17.7 Å². The number of aromatic nitrogens is 5. The van der Waals surface area contributed by atoms with Crippen molar-refractivity contribution >= 4 is 51.4 Å². The number of carbonyl (C=O) groups excluding carboxylic acids is 1. The molecule has 11 nitrogen and oxygen atoms in total. The second-order valence-corrected chi connectivity index (χ2v) is 14.8. The van der Waals surface area contributed by atoms with Gasteiger partial charge in [0.25, 0.3) is 0 Å². The minimum atomic E-state index is -0.490. The van der Waals surface area contributed by atoms with E-state index in [0.29, 0.717) is 28.4 Å². The van der Waals surface area contributed by atoms with Crippen LogP contribution in [0.15, 0.2) is 18.2 Å². The lowest BCUT2D eigenvalue weighted by Gasteiger charge is -2.53. The molecule has 6 heterocycles. The fourth-order valence-corrected chi connectivity index (χ4v) is 7.15. The molecular weight excluding hydrogens is 590 g/mol. The first-order valence-electron chi connectivity index (χ1n) is 15.8. The number of benzene rings is 1. The highest BCUT2D eigenvalue weighted by Gasteiger charge is 2.48. The lowest BCUT2D eigenvalue weighted by molar-refractivity contribution is -0.0434. The van der Waals surface area contributed by atoms with Crippen LogP contribution in [0.4, 0.5) is 16.6 Å². The van der Waals surface area contributed by atoms with Crippen LogP contribution in [-0.4, -0.2) is 106 Å². The van der Waals surface area contributed by atoms with Crippen molar-refractivity contribution in [2.75, 3.05) is 63.2 Å². The summed E-state index contributed by atoms with van der Waals surface area (Å²) < 4.78 is 5.60. The van der Waals surface area contributed by atoms with Gasteiger partial charge >= 0.3 is 6.09 Å². The number of pyridine rings is 1. The number of nitrogens with zero attached hydrogens (tertiary/aromatic N) is 8. The zero-order valence-electron chi connectivity index (χ0n) is 27.2. The highest BCUT2D eigenvalue weighted by atomic mass is 35.5. The summed E-state index contributed by atoms with van der Waals surface area (Å²) in [6.45, 7) is 14.7. The van der Waals surface area contributed by atoms with E-state index in [-0.39, 0.29) is 11.5 Å². The maximum atomic E-state index is 12.6. The predicted molar refractivity (Wildman–Crippen MR) is 178 cm³/mol. The fraction of sp³-hybridized carbons (Fsp3) is 0.545. The van der Waals surface area contributed by atoms with Gasteiger partial charge in [0.05, 0.1) is 21.6 Å². The number of H-pyrrole nitrogens is 1. The number of likely N-dealkylation sites (tertiary alicyclic amines) is 1. The Morgan fingerprint density at radius 3 is 2.44 bits per heavy atom. The van der Waals surface area contributed by atoms with E-state index in [9.17, 15) is 4.79 Å². The quantitative estimate of drug-likeness (QED) is 0.316. The lowest BCUT2D eigenvalue weighted by Crippen LogP contribution is -2.62. The van der Waals surface area contributed by atoms with Crippen molar-refractivity contribution in [1.82, 2.24) is 34.9 Å². The van der Waals surface area contributed by atoms with Gasteiger partial charge < -0.3 is 24.3 Å². The zero-order chi connectivity index (χ0) is 31.8. The van der Waals surface area contributed by atoms with E-state index in [2.05, 4.69) is 52.0 Å². The number of carbonyl (C=O) groups is 1. The molecule has 3 aromatic heterocycles. The molecule has 7 rings (SSSR count). The average Bonchev–Trinajstić information content (AvgIpc) is 3.30. The monoisotopic (exact) mass is 631 g/mol. The molecule has 0 bridgehead atoms. The second-order valence-electron chi connectivity index (χ2n) is 14.4. The van der Waals surface area contributed by atoms with Crippen LogP contribution in [0.5, 0.6) is 0 Å². The molecule has 0 atom stereocenters. The van der Waals surface area contributed by atoms with E-state index in [1.807, 2.05) is 44.7 Å². The number of anilines is 2. The highest BCUT2D eigenvalue weighted by molar-refractivity contribution is 6.34. The summed E-state index contributed by atoms with van der Waals surface area (Å²) in [6.07, 6.45) is 1.72. The number of hydrogen-bond donors (Lipinski definition) is 1. The van der Waals surface area contributed by atoms with E-state index >= 15 is 0 Å². The maximum absolute atomic E-state index is 12.6. The van der Waals surface area contributed by atoms with Crippen molar-refractivity contribution in [1.29, 1.82) is 0 Å². The van der Waals surface area contributed by atoms with Crippen LogP contribution in [0.2, 0.25) is 5.02 Å². The average molecular weight is 632 g/mol. The van der Waals surface area contributed by atoms with Crippen LogP contribution in [0, 0.1) is 19.3 Å². The van der Waals surface area contributed by atoms with Gasteiger partial charge in [-0.3, -0.25) is 5.10 Å². The van der Waals surface area contributed by atoms with Crippen molar-refractivity contribution < 1.29 is 9.53 Å². The van der Waals surface area contributed by atoms with E-state index in [4.69, 9.17) is 31.3 Å². The van der Waals surface area contributed by atoms with Gasteiger partial charge in [0.1, 0.15) is 11.4 Å². The van der Waals surface area contributed by atoms with Crippen molar-refractivity contribution in [3.05, 3.63) is 34.5 Å². The molecule has 3 saturated heterocycles. The van der Waals surface area contributed by atoms with Gasteiger partial charge in [-0.05, 0) is 79.3 Å². The molecule has 238 valence electrons. The Labute approximate surface area is 268 Å². The Morgan fingerprint density at radius 2 is 1.78 bits per heavy atom. The molecule has 1 aromatic carbocycles. The van der Waals surface area contributed by atoms with Gasteiger partial charge in [-0.2, -0.15) is 15.1 Å². The Hall–Kier alpha value is -3.70. The van der Waals surface area contributed by atoms with E-state index in [0.717, 1.165) is 91.0 Å². The van der Waals surface area contributed by atoms with Crippen LogP contribution in [0.1, 0.15) is 44.9 Å². The molecule has 3 aliphatic heterocycles. The standard InChI is InChI=1S/C33H42ClN9O2/c1-19-8-9-24-26(20(2)38-39-24)25(19)27-23(34)14-22-28(35-27)36-30(42-15-21(16-42)40(6)7)37-29(22)41-12-10-33(11-13-41)17-43(18-33)31(44)45-32(3,4)5/h8-9,14,21H,10-13,15-18H2,1-7H3,(H,38,39). The number of halogens is 1. The number of nitrogens with one attached hydrogen (secondary N) is 1. The molecular formula is C33H42ClN9O2. The zero-order valence-corrected chi connectivity index (χ0v) is 28.0. The van der Waals surface area contributed by atoms with Crippen molar-refractivity contribution in [2.45, 2.75) is 59.1 Å². The summed E-state index contributed by atoms with van der Waals surface area (Å²) in [5.41, 5.74) is 4.89. The minimum absolute atomic E-state index is 0.122. The molecule has 3 aliphatic rings. The summed E-state index contributed by atoms with van der Waals surface area (Å²) in [7, 11) is 4.22. The van der Waals surface area contributed by atoms with Crippen LogP contribution >= 0.6 is 11.6 Å². The number of aromatic amines is 1. The van der Waals surface area contributed by atoms with Crippen molar-refractivity contribution in [3.63, 3.8) is 0 Å². The number of aryl methyl sites for hydroxylation is 2. The normalized spacial score (nSPS) is 18.6. The number of amides is 1. The number of hydrogen-bond acceptors (Lipinski definition) is 9. The van der Waals surface area contributed by atoms with Gasteiger partial charge in [0.2, 0.25) is 5.95 Å². The SMILES string of the molecule is Cc1ccc2n[nH]c(C)c2c1-c1nc2nc(N3CC(N(C)C)C3)nc(N3CCC4(CC3)CN(C(=O)OC(C)(C)C)C4)c2cc1Cl. The molecule has 1 amide bonds. The molecule has 0 unspecified atom stereocenters. The molecule has 0 saturated carbocycles. The molecule has 0 radical (unpaired) electrons. The van der Waals surface area contributed by atoms with Gasteiger partial charge in [0.15, 0.2) is 5.65 Å². The highest BCUT2D eigenvalue weighted by Crippen LogP contribution is 2.44. The van der Waals surface area contributed by atoms with Crippen LogP contribution in [-0.2, 0) is 4.74 Å². The third-order valence-corrected chi connectivity index (χ3v) is 9.95. The molecule has 3 fully saturated rings. The first kappa shape index (κ1) is 30.0. The predicted octanol–water partition coefficient (Wildman–Crippen LogP) is 5.43. The number of rotatable bonds is 4. The summed E-state index contributed by atoms with van der Waals surface area (Å²) in [5, 5.41) is 10.0. The topological polar surface area (TPSA) is 107 Å². The summed E-state index contributed by atoms with van der Waals surface area (Å²) >= 11 is 7.07. The van der Waals surface area contributed by atoms with Gasteiger partial charge in [0, 0.05) is 67.4 Å². The first-order chi connectivity index (χ1) is 21.3. The smallest absolute Gasteiger partial charge is 0.410 e. The summed E-state index contributed by atoms with van der Waals surface area (Å²) in [5.74, 6) is 1.57. The maximum Gasteiger partial charge on any atom is 0.410 e. The minimum Gasteiger partial charge on any atom is -0.444 e. The Balaban J connectivity index is 1.22. The Kier molecular flexibility index (Phi) is 7.12. The van der Waals surface area contributed by atoms with Crippen molar-refractivity contribution in [2.24, 2.45) is 5.41 Å². The van der Waals surface area contributed by atoms with Gasteiger partial charge in [-0.15, -0.1) is 0 Å². The Bertz CT molecular complexity index is 1790. The van der Waals surface area contributed by atoms with Crippen LogP contribution in [0.25, 0.3) is 33.2 Å². The molecule has 1 N–H and O–H groups in total. The fourth-order valence-electron chi connectivity index (χ4n) is 6.91. The second kappa shape index (κ2) is 10.7. The number of likely N-dealkylation sites (N-methyl/N-ethyl adjacent to an activating group) is 1.